The first-order valence-electron chi connectivity index (χ1n) is 5.15. The van der Waals surface area contributed by atoms with Gasteiger partial charge in [0.15, 0.2) is 0 Å². The van der Waals surface area contributed by atoms with E-state index in [9.17, 15) is 0 Å². The van der Waals surface area contributed by atoms with Crippen LogP contribution >= 0.6 is 22.9 Å². The lowest BCUT2D eigenvalue weighted by atomic mass is 10.3. The number of nitrogen functional groups attached to an aromatic ring is 1. The Hall–Kier alpha value is -1.85. The Bertz CT molecular complexity index is 713. The molecule has 6 heteroatoms. The Labute approximate surface area is 112 Å². The number of halogens is 1. The molecule has 18 heavy (non-hydrogen) atoms. The molecule has 2 heterocycles. The minimum Gasteiger partial charge on any atom is -0.436 e. The lowest BCUT2D eigenvalue weighted by Gasteiger charge is -2.07. The third-order valence-corrected chi connectivity index (χ3v) is 3.56. The number of fused-ring (bicyclic) bond motifs is 1. The highest BCUT2D eigenvalue weighted by molar-refractivity contribution is 7.17. The number of benzene rings is 1. The van der Waals surface area contributed by atoms with Gasteiger partial charge >= 0.3 is 0 Å². The predicted molar refractivity (Wildman–Crippen MR) is 73.4 cm³/mol. The van der Waals surface area contributed by atoms with Gasteiger partial charge < -0.3 is 10.5 Å². The highest BCUT2D eigenvalue weighted by Crippen LogP contribution is 2.34. The van der Waals surface area contributed by atoms with E-state index in [2.05, 4.69) is 9.97 Å². The fraction of sp³-hybridized carbons (Fsp3) is 0. The number of thiophene rings is 1. The van der Waals surface area contributed by atoms with Gasteiger partial charge in [0, 0.05) is 5.69 Å². The van der Waals surface area contributed by atoms with Crippen LogP contribution in [0.4, 0.5) is 5.69 Å². The summed E-state index contributed by atoms with van der Waals surface area (Å²) in [6.45, 7) is 0. The summed E-state index contributed by atoms with van der Waals surface area (Å²) in [6.07, 6.45) is 1.47. The van der Waals surface area contributed by atoms with Gasteiger partial charge in [-0.3, -0.25) is 0 Å². The van der Waals surface area contributed by atoms with Crippen molar-refractivity contribution >= 4 is 38.8 Å². The zero-order chi connectivity index (χ0) is 12.5. The maximum atomic E-state index is 6.06. The number of hydrogen-bond acceptors (Lipinski definition) is 5. The monoisotopic (exact) mass is 277 g/mol. The van der Waals surface area contributed by atoms with Gasteiger partial charge in [0.1, 0.15) is 16.8 Å². The quantitative estimate of drug-likeness (QED) is 0.725. The van der Waals surface area contributed by atoms with Crippen LogP contribution in [0.15, 0.2) is 36.0 Å². The average Bonchev–Trinajstić information content (AvgIpc) is 2.82. The van der Waals surface area contributed by atoms with E-state index in [4.69, 9.17) is 22.1 Å². The van der Waals surface area contributed by atoms with Crippen LogP contribution in [0.3, 0.4) is 0 Å². The van der Waals surface area contributed by atoms with Crippen LogP contribution in [-0.2, 0) is 0 Å². The zero-order valence-electron chi connectivity index (χ0n) is 9.13. The minimum absolute atomic E-state index is 0.457. The molecule has 0 aliphatic heterocycles. The van der Waals surface area contributed by atoms with Crippen LogP contribution in [0.25, 0.3) is 10.2 Å². The number of anilines is 1. The van der Waals surface area contributed by atoms with Crippen molar-refractivity contribution in [1.29, 1.82) is 0 Å². The van der Waals surface area contributed by atoms with Crippen molar-refractivity contribution in [2.75, 3.05) is 5.73 Å². The van der Waals surface area contributed by atoms with Gasteiger partial charge in [-0.1, -0.05) is 11.6 Å². The summed E-state index contributed by atoms with van der Waals surface area (Å²) >= 11 is 7.58. The molecule has 0 aliphatic rings. The Morgan fingerprint density at radius 1 is 1.22 bits per heavy atom. The molecule has 3 aromatic rings. The van der Waals surface area contributed by atoms with Crippen LogP contribution < -0.4 is 10.5 Å². The van der Waals surface area contributed by atoms with E-state index in [-0.39, 0.29) is 0 Å². The van der Waals surface area contributed by atoms with Gasteiger partial charge in [0.05, 0.1) is 10.5 Å². The number of hydrogen-bond donors (Lipinski definition) is 1. The highest BCUT2D eigenvalue weighted by atomic mass is 35.5. The molecular weight excluding hydrogens is 270 g/mol. The molecular formula is C12H8ClN3OS. The van der Waals surface area contributed by atoms with Gasteiger partial charge in [-0.2, -0.15) is 0 Å². The van der Waals surface area contributed by atoms with E-state index < -0.39 is 0 Å². The van der Waals surface area contributed by atoms with Crippen molar-refractivity contribution in [2.45, 2.75) is 0 Å². The SMILES string of the molecule is Nc1ccc(Oc2ncnc3ccsc23)c(Cl)c1. The molecule has 0 amide bonds. The molecule has 3 rings (SSSR count). The molecule has 0 unspecified atom stereocenters. The average molecular weight is 278 g/mol. The Balaban J connectivity index is 2.03. The molecule has 1 aromatic carbocycles. The van der Waals surface area contributed by atoms with Crippen LogP contribution in [0, 0.1) is 0 Å². The Kier molecular flexibility index (Phi) is 2.77. The van der Waals surface area contributed by atoms with Crippen LogP contribution in [-0.4, -0.2) is 9.97 Å². The fourth-order valence-corrected chi connectivity index (χ4v) is 2.54. The van der Waals surface area contributed by atoms with E-state index in [1.54, 1.807) is 18.2 Å². The van der Waals surface area contributed by atoms with Crippen molar-refractivity contribution in [3.8, 4) is 11.6 Å². The Morgan fingerprint density at radius 2 is 2.11 bits per heavy atom. The molecule has 2 N–H and O–H groups in total. The van der Waals surface area contributed by atoms with Gasteiger partial charge in [0.2, 0.25) is 5.88 Å². The number of nitrogens with zero attached hydrogens (tertiary/aromatic N) is 2. The lowest BCUT2D eigenvalue weighted by molar-refractivity contribution is 0.469. The summed E-state index contributed by atoms with van der Waals surface area (Å²) in [5, 5.41) is 2.40. The second kappa shape index (κ2) is 4.44. The molecule has 0 radical (unpaired) electrons. The molecule has 90 valence electrons. The third-order valence-electron chi connectivity index (χ3n) is 2.37. The van der Waals surface area contributed by atoms with Crippen molar-refractivity contribution in [3.05, 3.63) is 41.0 Å². The highest BCUT2D eigenvalue weighted by Gasteiger charge is 2.09. The van der Waals surface area contributed by atoms with Crippen molar-refractivity contribution in [3.63, 3.8) is 0 Å². The van der Waals surface area contributed by atoms with E-state index in [1.165, 1.54) is 17.7 Å². The molecule has 0 atom stereocenters. The summed E-state index contributed by atoms with van der Waals surface area (Å²) in [6, 6.07) is 7.01. The van der Waals surface area contributed by atoms with E-state index in [0.717, 1.165) is 10.2 Å². The van der Waals surface area contributed by atoms with E-state index in [1.807, 2.05) is 11.4 Å². The largest absolute Gasteiger partial charge is 0.436 e. The van der Waals surface area contributed by atoms with Gasteiger partial charge in [0.25, 0.3) is 0 Å². The van der Waals surface area contributed by atoms with E-state index >= 15 is 0 Å². The molecule has 2 aromatic heterocycles. The molecule has 0 fully saturated rings. The first kappa shape index (κ1) is 11.3. The van der Waals surface area contributed by atoms with Crippen LogP contribution in [0.1, 0.15) is 0 Å². The predicted octanol–water partition coefficient (Wildman–Crippen LogP) is 3.72. The number of nitrogens with two attached hydrogens (primary N) is 1. The smallest absolute Gasteiger partial charge is 0.240 e. The summed E-state index contributed by atoms with van der Waals surface area (Å²) < 4.78 is 6.60. The maximum Gasteiger partial charge on any atom is 0.240 e. The normalized spacial score (nSPS) is 10.7. The molecule has 0 spiro atoms. The zero-order valence-corrected chi connectivity index (χ0v) is 10.7. The first-order chi connectivity index (χ1) is 8.74. The number of rotatable bonds is 2. The molecule has 0 bridgehead atoms. The lowest BCUT2D eigenvalue weighted by Crippen LogP contribution is -1.91. The summed E-state index contributed by atoms with van der Waals surface area (Å²) in [5.74, 6) is 1.03. The molecule has 0 aliphatic carbocycles. The van der Waals surface area contributed by atoms with Gasteiger partial charge in [-0.15, -0.1) is 11.3 Å². The number of ether oxygens (including phenoxy) is 1. The molecule has 0 saturated heterocycles. The fourth-order valence-electron chi connectivity index (χ4n) is 1.54. The van der Waals surface area contributed by atoms with Gasteiger partial charge in [-0.05, 0) is 29.6 Å². The second-order valence-electron chi connectivity index (χ2n) is 3.61. The molecule has 4 nitrogen and oxygen atoms in total. The third kappa shape index (κ3) is 1.98. The summed E-state index contributed by atoms with van der Waals surface area (Å²) in [4.78, 5) is 8.27. The first-order valence-corrected chi connectivity index (χ1v) is 6.41. The van der Waals surface area contributed by atoms with Crippen LogP contribution in [0.5, 0.6) is 11.6 Å². The topological polar surface area (TPSA) is 61.0 Å². The maximum absolute atomic E-state index is 6.06. The van der Waals surface area contributed by atoms with E-state index in [0.29, 0.717) is 22.3 Å². The van der Waals surface area contributed by atoms with Crippen molar-refractivity contribution in [2.24, 2.45) is 0 Å². The number of aromatic nitrogens is 2. The van der Waals surface area contributed by atoms with Crippen molar-refractivity contribution < 1.29 is 4.74 Å². The van der Waals surface area contributed by atoms with Crippen LogP contribution in [0.2, 0.25) is 5.02 Å². The standard InChI is InChI=1S/C12H8ClN3OS/c13-8-5-7(14)1-2-10(8)17-12-11-9(3-4-18-11)15-6-16-12/h1-6H,14H2. The summed E-state index contributed by atoms with van der Waals surface area (Å²) in [7, 11) is 0. The minimum atomic E-state index is 0.457. The summed E-state index contributed by atoms with van der Waals surface area (Å²) in [5.41, 5.74) is 7.08. The van der Waals surface area contributed by atoms with Crippen molar-refractivity contribution in [1.82, 2.24) is 9.97 Å². The second-order valence-corrected chi connectivity index (χ2v) is 4.93. The van der Waals surface area contributed by atoms with Gasteiger partial charge in [-0.25, -0.2) is 9.97 Å². The Morgan fingerprint density at radius 3 is 2.94 bits per heavy atom. The molecule has 0 saturated carbocycles.